The van der Waals surface area contributed by atoms with Crippen molar-refractivity contribution in [2.24, 2.45) is 0 Å². The number of anilines is 1. The number of nitrogens with zero attached hydrogens (tertiary/aromatic N) is 1. The van der Waals surface area contributed by atoms with Gasteiger partial charge in [0.05, 0.1) is 0 Å². The predicted molar refractivity (Wildman–Crippen MR) is 59.4 cm³/mol. The van der Waals surface area contributed by atoms with Crippen LogP contribution in [0.25, 0.3) is 0 Å². The molecule has 1 unspecified atom stereocenters. The lowest BCUT2D eigenvalue weighted by molar-refractivity contribution is 0.0127. The molecule has 0 amide bonds. The Balaban J connectivity index is 2.38. The average molecular weight is 207 g/mol. The number of nitrogen functional groups attached to an aromatic ring is 1. The second-order valence-electron chi connectivity index (χ2n) is 4.26. The topological polar surface area (TPSA) is 71.2 Å². The van der Waals surface area contributed by atoms with Gasteiger partial charge in [-0.15, -0.1) is 0 Å². The number of aryl methyl sites for hydroxylation is 1. The van der Waals surface area contributed by atoms with E-state index in [1.54, 1.807) is 6.20 Å². The molecule has 1 fully saturated rings. The summed E-state index contributed by atoms with van der Waals surface area (Å²) >= 11 is 0. The van der Waals surface area contributed by atoms with Gasteiger partial charge in [0, 0.05) is 18.3 Å². The highest BCUT2D eigenvalue weighted by atomic mass is 16.3. The first-order valence-electron chi connectivity index (χ1n) is 5.27. The molecule has 0 aromatic carbocycles. The molecule has 1 aromatic heterocycles. The Bertz CT molecular complexity index is 359. The summed E-state index contributed by atoms with van der Waals surface area (Å²) in [5.41, 5.74) is 6.75. The van der Waals surface area contributed by atoms with Crippen LogP contribution >= 0.6 is 0 Å². The molecule has 1 atom stereocenters. The third-order valence-corrected chi connectivity index (χ3v) is 2.92. The zero-order valence-corrected chi connectivity index (χ0v) is 8.95. The molecule has 82 valence electrons. The third-order valence-electron chi connectivity index (χ3n) is 2.92. The van der Waals surface area contributed by atoms with Gasteiger partial charge in [-0.1, -0.05) is 0 Å². The maximum atomic E-state index is 10.5. The Morgan fingerprint density at radius 3 is 3.07 bits per heavy atom. The molecule has 0 saturated carbocycles. The van der Waals surface area contributed by atoms with E-state index in [9.17, 15) is 5.11 Å². The molecule has 0 radical (unpaired) electrons. The van der Waals surface area contributed by atoms with E-state index < -0.39 is 5.60 Å². The lowest BCUT2D eigenvalue weighted by atomic mass is 9.86. The summed E-state index contributed by atoms with van der Waals surface area (Å²) in [7, 11) is 0. The normalized spacial score (nSPS) is 26.5. The van der Waals surface area contributed by atoms with Crippen molar-refractivity contribution in [2.45, 2.75) is 25.4 Å². The lowest BCUT2D eigenvalue weighted by Crippen LogP contribution is -2.43. The molecule has 0 aliphatic carbocycles. The van der Waals surface area contributed by atoms with Crippen LogP contribution in [-0.2, 0) is 5.60 Å². The number of hydrogen-bond donors (Lipinski definition) is 3. The van der Waals surface area contributed by atoms with Crippen molar-refractivity contribution < 1.29 is 5.11 Å². The Morgan fingerprint density at radius 2 is 2.40 bits per heavy atom. The summed E-state index contributed by atoms with van der Waals surface area (Å²) in [6.45, 7) is 3.47. The zero-order valence-electron chi connectivity index (χ0n) is 8.95. The number of β-amino-alcohol motifs (C(OH)–C–C–N with tert-alkyl or cyclic N) is 1. The van der Waals surface area contributed by atoms with Gasteiger partial charge in [0.2, 0.25) is 0 Å². The van der Waals surface area contributed by atoms with Gasteiger partial charge in [0.25, 0.3) is 0 Å². The lowest BCUT2D eigenvalue weighted by Gasteiger charge is -2.33. The fourth-order valence-corrected chi connectivity index (χ4v) is 2.07. The van der Waals surface area contributed by atoms with E-state index in [0.717, 1.165) is 30.5 Å². The van der Waals surface area contributed by atoms with Crippen molar-refractivity contribution in [3.05, 3.63) is 23.4 Å². The van der Waals surface area contributed by atoms with Crippen LogP contribution in [0.15, 0.2) is 12.3 Å². The Labute approximate surface area is 89.5 Å². The maximum absolute atomic E-state index is 10.5. The summed E-state index contributed by atoms with van der Waals surface area (Å²) < 4.78 is 0. The molecule has 2 heterocycles. The SMILES string of the molecule is Cc1cnc(N)c(C2(O)CCCNC2)c1. The van der Waals surface area contributed by atoms with Crippen LogP contribution in [0.4, 0.5) is 5.82 Å². The van der Waals surface area contributed by atoms with Crippen molar-refractivity contribution in [1.29, 1.82) is 0 Å². The van der Waals surface area contributed by atoms with Crippen LogP contribution in [0, 0.1) is 6.92 Å². The molecule has 0 bridgehead atoms. The fraction of sp³-hybridized carbons (Fsp3) is 0.545. The summed E-state index contributed by atoms with van der Waals surface area (Å²) in [6, 6.07) is 1.93. The summed E-state index contributed by atoms with van der Waals surface area (Å²) in [5.74, 6) is 0.437. The predicted octanol–water partition coefficient (Wildman–Crippen LogP) is 0.543. The number of aliphatic hydroxyl groups is 1. The minimum Gasteiger partial charge on any atom is -0.384 e. The van der Waals surface area contributed by atoms with Crippen molar-refractivity contribution in [3.8, 4) is 0 Å². The van der Waals surface area contributed by atoms with Gasteiger partial charge in [-0.3, -0.25) is 0 Å². The summed E-state index contributed by atoms with van der Waals surface area (Å²) in [5, 5.41) is 13.7. The first-order valence-corrected chi connectivity index (χ1v) is 5.27. The van der Waals surface area contributed by atoms with Gasteiger partial charge in [-0.2, -0.15) is 0 Å². The quantitative estimate of drug-likeness (QED) is 0.628. The molecule has 1 aromatic rings. The molecule has 4 heteroatoms. The van der Waals surface area contributed by atoms with E-state index in [-0.39, 0.29) is 0 Å². The van der Waals surface area contributed by atoms with E-state index >= 15 is 0 Å². The van der Waals surface area contributed by atoms with Crippen molar-refractivity contribution in [1.82, 2.24) is 10.3 Å². The number of aromatic nitrogens is 1. The molecule has 1 aliphatic heterocycles. The molecule has 2 rings (SSSR count). The number of nitrogens with one attached hydrogen (secondary N) is 1. The largest absolute Gasteiger partial charge is 0.384 e. The van der Waals surface area contributed by atoms with Gasteiger partial charge in [0.1, 0.15) is 11.4 Å². The fourth-order valence-electron chi connectivity index (χ4n) is 2.07. The number of piperidine rings is 1. The third kappa shape index (κ3) is 1.96. The van der Waals surface area contributed by atoms with Crippen molar-refractivity contribution >= 4 is 5.82 Å². The first-order chi connectivity index (χ1) is 7.12. The van der Waals surface area contributed by atoms with Crippen LogP contribution in [0.2, 0.25) is 0 Å². The highest BCUT2D eigenvalue weighted by molar-refractivity contribution is 5.45. The van der Waals surface area contributed by atoms with Gasteiger partial charge in [-0.25, -0.2) is 4.98 Å². The van der Waals surface area contributed by atoms with E-state index in [0.29, 0.717) is 12.4 Å². The molecule has 1 aliphatic rings. The molecule has 15 heavy (non-hydrogen) atoms. The Kier molecular flexibility index (Phi) is 2.63. The monoisotopic (exact) mass is 207 g/mol. The Morgan fingerprint density at radius 1 is 1.60 bits per heavy atom. The van der Waals surface area contributed by atoms with Crippen LogP contribution in [0.1, 0.15) is 24.0 Å². The van der Waals surface area contributed by atoms with Gasteiger partial charge >= 0.3 is 0 Å². The second kappa shape index (κ2) is 3.79. The van der Waals surface area contributed by atoms with Crippen LogP contribution in [0.5, 0.6) is 0 Å². The van der Waals surface area contributed by atoms with E-state index in [1.807, 2.05) is 13.0 Å². The van der Waals surface area contributed by atoms with Gasteiger partial charge in [-0.05, 0) is 37.9 Å². The molecule has 0 spiro atoms. The van der Waals surface area contributed by atoms with Crippen LogP contribution < -0.4 is 11.1 Å². The molecular weight excluding hydrogens is 190 g/mol. The number of nitrogens with two attached hydrogens (primary N) is 1. The Hall–Kier alpha value is -1.13. The average Bonchev–Trinajstić information content (AvgIpc) is 2.23. The minimum atomic E-state index is -0.846. The number of pyridine rings is 1. The summed E-state index contributed by atoms with van der Waals surface area (Å²) in [4.78, 5) is 4.09. The standard InChI is InChI=1S/C11H17N3O/c1-8-5-9(10(12)14-6-8)11(15)3-2-4-13-7-11/h5-6,13,15H,2-4,7H2,1H3,(H2,12,14). The minimum absolute atomic E-state index is 0.437. The van der Waals surface area contributed by atoms with E-state index in [4.69, 9.17) is 5.73 Å². The highest BCUT2D eigenvalue weighted by Crippen LogP contribution is 2.31. The van der Waals surface area contributed by atoms with E-state index in [1.165, 1.54) is 0 Å². The zero-order chi connectivity index (χ0) is 10.9. The van der Waals surface area contributed by atoms with Gasteiger partial charge in [0.15, 0.2) is 0 Å². The second-order valence-corrected chi connectivity index (χ2v) is 4.26. The number of rotatable bonds is 1. The highest BCUT2D eigenvalue weighted by Gasteiger charge is 2.33. The molecule has 4 nitrogen and oxygen atoms in total. The van der Waals surface area contributed by atoms with E-state index in [2.05, 4.69) is 10.3 Å². The van der Waals surface area contributed by atoms with Crippen molar-refractivity contribution in [3.63, 3.8) is 0 Å². The van der Waals surface area contributed by atoms with Gasteiger partial charge < -0.3 is 16.2 Å². The van der Waals surface area contributed by atoms with Crippen molar-refractivity contribution in [2.75, 3.05) is 18.8 Å². The number of hydrogen-bond acceptors (Lipinski definition) is 4. The first kappa shape index (κ1) is 10.4. The maximum Gasteiger partial charge on any atom is 0.129 e. The molecule has 4 N–H and O–H groups in total. The molecular formula is C11H17N3O. The molecule has 1 saturated heterocycles. The summed E-state index contributed by atoms with van der Waals surface area (Å²) in [6.07, 6.45) is 3.43. The van der Waals surface area contributed by atoms with Crippen LogP contribution in [0.3, 0.4) is 0 Å². The smallest absolute Gasteiger partial charge is 0.129 e. The van der Waals surface area contributed by atoms with Crippen LogP contribution in [-0.4, -0.2) is 23.2 Å².